The molecule has 1 saturated heterocycles. The van der Waals surface area contributed by atoms with Crippen LogP contribution >= 0.6 is 11.6 Å². The molecule has 0 spiro atoms. The van der Waals surface area contributed by atoms with E-state index in [1.165, 1.54) is 12.1 Å². The van der Waals surface area contributed by atoms with E-state index in [9.17, 15) is 18.8 Å². The van der Waals surface area contributed by atoms with Crippen LogP contribution < -0.4 is 20.9 Å². The van der Waals surface area contributed by atoms with Gasteiger partial charge in [-0.2, -0.15) is 0 Å². The van der Waals surface area contributed by atoms with Gasteiger partial charge < -0.3 is 20.9 Å². The van der Waals surface area contributed by atoms with Crippen LogP contribution in [0.3, 0.4) is 0 Å². The van der Waals surface area contributed by atoms with Gasteiger partial charge in [-0.3, -0.25) is 9.59 Å². The Morgan fingerprint density at radius 1 is 1.07 bits per heavy atom. The highest BCUT2D eigenvalue weighted by atomic mass is 35.5. The predicted octanol–water partition coefficient (Wildman–Crippen LogP) is 3.76. The molecule has 1 aliphatic rings. The van der Waals surface area contributed by atoms with E-state index in [1.807, 2.05) is 0 Å². The summed E-state index contributed by atoms with van der Waals surface area (Å²) in [7, 11) is 0. The Bertz CT molecular complexity index is 920. The predicted molar refractivity (Wildman–Crippen MR) is 110 cm³/mol. The van der Waals surface area contributed by atoms with Gasteiger partial charge in [-0.25, -0.2) is 9.18 Å². The number of rotatable bonds is 5. The lowest BCUT2D eigenvalue weighted by Gasteiger charge is -2.27. The summed E-state index contributed by atoms with van der Waals surface area (Å²) in [6.45, 7) is 0.210. The van der Waals surface area contributed by atoms with Gasteiger partial charge in [0.1, 0.15) is 5.82 Å². The second kappa shape index (κ2) is 9.38. The first-order valence-corrected chi connectivity index (χ1v) is 9.50. The first-order valence-electron chi connectivity index (χ1n) is 9.12. The molecule has 1 aliphatic heterocycles. The van der Waals surface area contributed by atoms with Crippen LogP contribution in [0.25, 0.3) is 0 Å². The van der Waals surface area contributed by atoms with E-state index in [0.717, 1.165) is 12.8 Å². The molecule has 1 heterocycles. The van der Waals surface area contributed by atoms with E-state index < -0.39 is 17.8 Å². The Morgan fingerprint density at radius 3 is 2.52 bits per heavy atom. The number of carbonyl (C=O) groups is 3. The van der Waals surface area contributed by atoms with E-state index >= 15 is 0 Å². The van der Waals surface area contributed by atoms with Gasteiger partial charge in [0.05, 0.1) is 12.2 Å². The molecule has 0 bridgehead atoms. The maximum Gasteiger partial charge on any atom is 0.319 e. The summed E-state index contributed by atoms with van der Waals surface area (Å²) in [5.41, 5.74) is 0.954. The summed E-state index contributed by atoms with van der Waals surface area (Å²) in [6, 6.07) is 10.1. The monoisotopic (exact) mass is 418 g/mol. The molecule has 3 N–H and O–H groups in total. The standard InChI is InChI=1S/C20H20ClFN4O3/c21-13-4-6-14(7-5-13)24-20(29)23-12-18(27)25-17-9-8-15(11-16(17)22)26-10-2-1-3-19(26)28/h4-9,11H,1-3,10,12H2,(H,25,27)(H2,23,24,29). The van der Waals surface area contributed by atoms with Crippen molar-refractivity contribution < 1.29 is 18.8 Å². The quantitative estimate of drug-likeness (QED) is 0.690. The fourth-order valence-corrected chi connectivity index (χ4v) is 3.04. The van der Waals surface area contributed by atoms with Gasteiger partial charge in [-0.15, -0.1) is 0 Å². The number of hydrogen-bond donors (Lipinski definition) is 3. The molecule has 1 fully saturated rings. The van der Waals surface area contributed by atoms with Crippen LogP contribution in [0.2, 0.25) is 5.02 Å². The fourth-order valence-electron chi connectivity index (χ4n) is 2.92. The molecular weight excluding hydrogens is 399 g/mol. The van der Waals surface area contributed by atoms with Gasteiger partial charge in [-0.05, 0) is 55.3 Å². The zero-order valence-electron chi connectivity index (χ0n) is 15.5. The van der Waals surface area contributed by atoms with Crippen LogP contribution in [-0.2, 0) is 9.59 Å². The highest BCUT2D eigenvalue weighted by Crippen LogP contribution is 2.25. The van der Waals surface area contributed by atoms with Gasteiger partial charge in [0, 0.05) is 29.4 Å². The van der Waals surface area contributed by atoms with Crippen molar-refractivity contribution in [2.45, 2.75) is 19.3 Å². The van der Waals surface area contributed by atoms with Crippen molar-refractivity contribution in [3.63, 3.8) is 0 Å². The number of piperidine rings is 1. The van der Waals surface area contributed by atoms with E-state index in [1.54, 1.807) is 35.2 Å². The molecule has 2 aromatic carbocycles. The van der Waals surface area contributed by atoms with Gasteiger partial charge >= 0.3 is 6.03 Å². The molecule has 4 amide bonds. The molecule has 3 rings (SSSR count). The largest absolute Gasteiger partial charge is 0.329 e. The molecule has 2 aromatic rings. The average Bonchev–Trinajstić information content (AvgIpc) is 2.70. The highest BCUT2D eigenvalue weighted by Gasteiger charge is 2.20. The second-order valence-corrected chi connectivity index (χ2v) is 6.97. The van der Waals surface area contributed by atoms with Crippen LogP contribution in [0.1, 0.15) is 19.3 Å². The van der Waals surface area contributed by atoms with Crippen LogP contribution in [0.4, 0.5) is 26.2 Å². The lowest BCUT2D eigenvalue weighted by Crippen LogP contribution is -2.36. The van der Waals surface area contributed by atoms with Crippen molar-refractivity contribution >= 4 is 46.5 Å². The zero-order valence-corrected chi connectivity index (χ0v) is 16.3. The molecule has 29 heavy (non-hydrogen) atoms. The minimum Gasteiger partial charge on any atom is -0.329 e. The minimum atomic E-state index is -0.653. The molecule has 152 valence electrons. The third-order valence-electron chi connectivity index (χ3n) is 4.37. The van der Waals surface area contributed by atoms with Crippen molar-refractivity contribution in [3.05, 3.63) is 53.3 Å². The van der Waals surface area contributed by atoms with Crippen LogP contribution in [0.15, 0.2) is 42.5 Å². The van der Waals surface area contributed by atoms with Crippen molar-refractivity contribution in [1.29, 1.82) is 0 Å². The Hall–Kier alpha value is -3.13. The van der Waals surface area contributed by atoms with E-state index in [4.69, 9.17) is 11.6 Å². The van der Waals surface area contributed by atoms with Gasteiger partial charge in [-0.1, -0.05) is 11.6 Å². The van der Waals surface area contributed by atoms with Crippen molar-refractivity contribution in [2.75, 3.05) is 28.6 Å². The number of nitrogens with zero attached hydrogens (tertiary/aromatic N) is 1. The number of hydrogen-bond acceptors (Lipinski definition) is 3. The number of carbonyl (C=O) groups excluding carboxylic acids is 3. The van der Waals surface area contributed by atoms with Crippen LogP contribution in [-0.4, -0.2) is 30.9 Å². The number of anilines is 3. The smallest absolute Gasteiger partial charge is 0.319 e. The summed E-state index contributed by atoms with van der Waals surface area (Å²) in [5.74, 6) is -1.28. The molecule has 0 saturated carbocycles. The summed E-state index contributed by atoms with van der Waals surface area (Å²) >= 11 is 5.77. The number of benzene rings is 2. The number of nitrogens with one attached hydrogen (secondary N) is 3. The lowest BCUT2D eigenvalue weighted by molar-refractivity contribution is -0.119. The SMILES string of the molecule is O=C(CNC(=O)Nc1ccc(Cl)cc1)Nc1ccc(N2CCCCC2=O)cc1F. The van der Waals surface area contributed by atoms with E-state index in [-0.39, 0.29) is 18.1 Å². The molecule has 0 aliphatic carbocycles. The normalized spacial score (nSPS) is 13.7. The average molecular weight is 419 g/mol. The summed E-state index contributed by atoms with van der Waals surface area (Å²) in [4.78, 5) is 37.3. The molecule has 0 atom stereocenters. The van der Waals surface area contributed by atoms with E-state index in [2.05, 4.69) is 16.0 Å². The number of urea groups is 1. The molecule has 0 aromatic heterocycles. The topological polar surface area (TPSA) is 90.5 Å². The third-order valence-corrected chi connectivity index (χ3v) is 4.63. The van der Waals surface area contributed by atoms with Crippen LogP contribution in [0, 0.1) is 5.82 Å². The van der Waals surface area contributed by atoms with Gasteiger partial charge in [0.2, 0.25) is 11.8 Å². The molecule has 0 unspecified atom stereocenters. The van der Waals surface area contributed by atoms with Crippen LogP contribution in [0.5, 0.6) is 0 Å². The number of amides is 4. The van der Waals surface area contributed by atoms with Crippen molar-refractivity contribution in [2.24, 2.45) is 0 Å². The van der Waals surface area contributed by atoms with Crippen molar-refractivity contribution in [1.82, 2.24) is 5.32 Å². The Morgan fingerprint density at radius 2 is 1.83 bits per heavy atom. The lowest BCUT2D eigenvalue weighted by atomic mass is 10.1. The number of halogens is 2. The van der Waals surface area contributed by atoms with Gasteiger partial charge in [0.15, 0.2) is 0 Å². The molecular formula is C20H20ClFN4O3. The van der Waals surface area contributed by atoms with Crippen molar-refractivity contribution in [3.8, 4) is 0 Å². The maximum atomic E-state index is 14.3. The third kappa shape index (κ3) is 5.68. The highest BCUT2D eigenvalue weighted by molar-refractivity contribution is 6.30. The first kappa shape index (κ1) is 20.6. The summed E-state index contributed by atoms with van der Waals surface area (Å²) < 4.78 is 14.3. The Balaban J connectivity index is 1.51. The Labute approximate surface area is 172 Å². The molecule has 0 radical (unpaired) electrons. The molecule has 9 heteroatoms. The van der Waals surface area contributed by atoms with Gasteiger partial charge in [0.25, 0.3) is 0 Å². The Kier molecular flexibility index (Phi) is 6.66. The second-order valence-electron chi connectivity index (χ2n) is 6.53. The molecule has 7 nitrogen and oxygen atoms in total. The summed E-state index contributed by atoms with van der Waals surface area (Å²) in [5, 5.41) is 7.87. The first-order chi connectivity index (χ1) is 13.9. The minimum absolute atomic E-state index is 0.0249. The zero-order chi connectivity index (χ0) is 20.8. The van der Waals surface area contributed by atoms with E-state index in [0.29, 0.717) is 29.4 Å². The summed E-state index contributed by atoms with van der Waals surface area (Å²) in [6.07, 6.45) is 2.16. The fraction of sp³-hybridized carbons (Fsp3) is 0.250. The maximum absolute atomic E-state index is 14.3.